The Morgan fingerprint density at radius 2 is 2.00 bits per heavy atom. The number of pyridine rings is 2. The molecule has 1 saturated carbocycles. The highest BCUT2D eigenvalue weighted by Crippen LogP contribution is 2.30. The second-order valence-electron chi connectivity index (χ2n) is 6.85. The minimum atomic E-state index is -4.62. The fourth-order valence-corrected chi connectivity index (χ4v) is 2.51. The topological polar surface area (TPSA) is 93.2 Å². The van der Waals surface area contributed by atoms with Gasteiger partial charge in [0.1, 0.15) is 5.82 Å². The standard InChI is InChI=1S/C19H18F4N4O3/c1-10(13-6-14(20)18(25-8-13)30-9-19(21,22)23)26-17(29)12-4-5-24-15(7-12)27-16(28)11-2-3-11/h4-8,10-11H,2-3,9H2,1H3,(H,26,29)(H,24,27,28). The molecule has 1 unspecified atom stereocenters. The van der Waals surface area contributed by atoms with E-state index >= 15 is 0 Å². The number of ether oxygens (including phenoxy) is 1. The molecule has 1 aliphatic carbocycles. The Kier molecular flexibility index (Phi) is 6.18. The van der Waals surface area contributed by atoms with Gasteiger partial charge in [0.05, 0.1) is 6.04 Å². The minimum Gasteiger partial charge on any atom is -0.466 e. The Hall–Kier alpha value is -3.24. The van der Waals surface area contributed by atoms with E-state index < -0.39 is 36.4 Å². The average molecular weight is 426 g/mol. The summed E-state index contributed by atoms with van der Waals surface area (Å²) >= 11 is 0. The first-order chi connectivity index (χ1) is 14.1. The summed E-state index contributed by atoms with van der Waals surface area (Å²) in [6, 6.07) is 3.10. The van der Waals surface area contributed by atoms with Crippen LogP contribution in [0.3, 0.4) is 0 Å². The molecule has 2 heterocycles. The lowest BCUT2D eigenvalue weighted by atomic mass is 10.1. The third-order valence-electron chi connectivity index (χ3n) is 4.27. The van der Waals surface area contributed by atoms with Crippen molar-refractivity contribution in [3.8, 4) is 5.88 Å². The molecule has 2 N–H and O–H groups in total. The Morgan fingerprint density at radius 1 is 1.27 bits per heavy atom. The summed E-state index contributed by atoms with van der Waals surface area (Å²) < 4.78 is 54.8. The van der Waals surface area contributed by atoms with E-state index in [1.54, 1.807) is 6.92 Å². The number of halogens is 4. The van der Waals surface area contributed by atoms with Gasteiger partial charge in [-0.3, -0.25) is 9.59 Å². The van der Waals surface area contributed by atoms with Crippen LogP contribution in [0.5, 0.6) is 5.88 Å². The molecule has 160 valence electrons. The predicted octanol–water partition coefficient (Wildman–Crippen LogP) is 3.40. The van der Waals surface area contributed by atoms with Gasteiger partial charge in [-0.25, -0.2) is 14.4 Å². The lowest BCUT2D eigenvalue weighted by molar-refractivity contribution is -0.154. The molecule has 1 fully saturated rings. The van der Waals surface area contributed by atoms with Crippen molar-refractivity contribution in [3.63, 3.8) is 0 Å². The summed E-state index contributed by atoms with van der Waals surface area (Å²) in [4.78, 5) is 31.8. The molecule has 2 aromatic rings. The molecule has 2 aromatic heterocycles. The summed E-state index contributed by atoms with van der Waals surface area (Å²) in [7, 11) is 0. The van der Waals surface area contributed by atoms with Gasteiger partial charge in [-0.15, -0.1) is 0 Å². The van der Waals surface area contributed by atoms with Gasteiger partial charge in [0.15, 0.2) is 12.4 Å². The first-order valence-electron chi connectivity index (χ1n) is 9.05. The highest BCUT2D eigenvalue weighted by atomic mass is 19.4. The number of nitrogens with one attached hydrogen (secondary N) is 2. The maximum absolute atomic E-state index is 14.0. The Morgan fingerprint density at radius 3 is 2.63 bits per heavy atom. The van der Waals surface area contributed by atoms with Crippen LogP contribution >= 0.6 is 0 Å². The first kappa shape index (κ1) is 21.5. The zero-order chi connectivity index (χ0) is 21.9. The maximum atomic E-state index is 14.0. The van der Waals surface area contributed by atoms with E-state index in [1.165, 1.54) is 18.3 Å². The second-order valence-corrected chi connectivity index (χ2v) is 6.85. The van der Waals surface area contributed by atoms with Crippen LogP contribution in [0.2, 0.25) is 0 Å². The average Bonchev–Trinajstić information content (AvgIpc) is 3.51. The molecule has 0 aromatic carbocycles. The van der Waals surface area contributed by atoms with Crippen LogP contribution in [0.15, 0.2) is 30.6 Å². The number of amides is 2. The third kappa shape index (κ3) is 5.88. The van der Waals surface area contributed by atoms with Gasteiger partial charge < -0.3 is 15.4 Å². The maximum Gasteiger partial charge on any atom is 0.422 e. The zero-order valence-electron chi connectivity index (χ0n) is 15.8. The van der Waals surface area contributed by atoms with Crippen molar-refractivity contribution in [1.29, 1.82) is 0 Å². The second kappa shape index (κ2) is 8.64. The van der Waals surface area contributed by atoms with Gasteiger partial charge in [0, 0.05) is 23.9 Å². The van der Waals surface area contributed by atoms with Crippen LogP contribution < -0.4 is 15.4 Å². The molecular weight excluding hydrogens is 408 g/mol. The number of hydrogen-bond acceptors (Lipinski definition) is 5. The predicted molar refractivity (Wildman–Crippen MR) is 97.2 cm³/mol. The fourth-order valence-electron chi connectivity index (χ4n) is 2.51. The van der Waals surface area contributed by atoms with Gasteiger partial charge in [0.2, 0.25) is 5.91 Å². The Labute approximate surface area is 168 Å². The fraction of sp³-hybridized carbons (Fsp3) is 0.368. The Balaban J connectivity index is 1.62. The summed E-state index contributed by atoms with van der Waals surface area (Å²) in [5.41, 5.74) is 0.457. The molecule has 1 atom stereocenters. The number of carbonyl (C=O) groups excluding carboxylic acids is 2. The number of nitrogens with zero attached hydrogens (tertiary/aromatic N) is 2. The van der Waals surface area contributed by atoms with Crippen LogP contribution in [-0.4, -0.2) is 34.6 Å². The van der Waals surface area contributed by atoms with E-state index in [0.29, 0.717) is 0 Å². The van der Waals surface area contributed by atoms with E-state index in [4.69, 9.17) is 0 Å². The zero-order valence-corrected chi connectivity index (χ0v) is 15.8. The largest absolute Gasteiger partial charge is 0.466 e. The van der Waals surface area contributed by atoms with E-state index in [-0.39, 0.29) is 28.8 Å². The van der Waals surface area contributed by atoms with E-state index in [2.05, 4.69) is 25.3 Å². The quantitative estimate of drug-likeness (QED) is 0.662. The van der Waals surface area contributed by atoms with Gasteiger partial charge >= 0.3 is 6.18 Å². The van der Waals surface area contributed by atoms with Crippen molar-refractivity contribution in [2.24, 2.45) is 5.92 Å². The molecule has 0 spiro atoms. The first-order valence-corrected chi connectivity index (χ1v) is 9.05. The number of aromatic nitrogens is 2. The van der Waals surface area contributed by atoms with Crippen molar-refractivity contribution in [2.45, 2.75) is 32.0 Å². The van der Waals surface area contributed by atoms with Gasteiger partial charge in [-0.05, 0) is 43.5 Å². The van der Waals surface area contributed by atoms with E-state index in [1.807, 2.05) is 0 Å². The summed E-state index contributed by atoms with van der Waals surface area (Å²) in [6.07, 6.45) is -0.471. The van der Waals surface area contributed by atoms with Crippen LogP contribution in [0.4, 0.5) is 23.4 Å². The van der Waals surface area contributed by atoms with Crippen molar-refractivity contribution in [1.82, 2.24) is 15.3 Å². The lowest BCUT2D eigenvalue weighted by Crippen LogP contribution is -2.27. The third-order valence-corrected chi connectivity index (χ3v) is 4.27. The van der Waals surface area contributed by atoms with Gasteiger partial charge in [-0.2, -0.15) is 13.2 Å². The van der Waals surface area contributed by atoms with Crippen molar-refractivity contribution < 1.29 is 31.9 Å². The Bertz CT molecular complexity index is 948. The van der Waals surface area contributed by atoms with Crippen LogP contribution in [0.1, 0.15) is 41.7 Å². The summed E-state index contributed by atoms with van der Waals surface area (Å²) in [5, 5.41) is 5.26. The van der Waals surface area contributed by atoms with E-state index in [0.717, 1.165) is 25.1 Å². The SMILES string of the molecule is CC(NC(=O)c1ccnc(NC(=O)C2CC2)c1)c1cnc(OCC(F)(F)F)c(F)c1. The monoisotopic (exact) mass is 426 g/mol. The van der Waals surface area contributed by atoms with Crippen molar-refractivity contribution in [3.05, 3.63) is 47.5 Å². The van der Waals surface area contributed by atoms with Crippen LogP contribution in [0.25, 0.3) is 0 Å². The molecule has 0 bridgehead atoms. The van der Waals surface area contributed by atoms with Crippen LogP contribution in [-0.2, 0) is 4.79 Å². The highest BCUT2D eigenvalue weighted by molar-refractivity contribution is 5.97. The molecule has 7 nitrogen and oxygen atoms in total. The van der Waals surface area contributed by atoms with Crippen molar-refractivity contribution >= 4 is 17.6 Å². The number of anilines is 1. The number of alkyl halides is 3. The molecule has 30 heavy (non-hydrogen) atoms. The molecule has 1 aliphatic rings. The molecule has 0 radical (unpaired) electrons. The normalized spacial score (nSPS) is 14.7. The number of rotatable bonds is 7. The summed E-state index contributed by atoms with van der Waals surface area (Å²) in [5.74, 6) is -2.29. The van der Waals surface area contributed by atoms with Crippen molar-refractivity contribution in [2.75, 3.05) is 11.9 Å². The molecule has 2 amide bonds. The smallest absolute Gasteiger partial charge is 0.422 e. The molecule has 3 rings (SSSR count). The number of carbonyl (C=O) groups is 2. The van der Waals surface area contributed by atoms with Gasteiger partial charge in [-0.1, -0.05) is 0 Å². The van der Waals surface area contributed by atoms with E-state index in [9.17, 15) is 27.2 Å². The highest BCUT2D eigenvalue weighted by Gasteiger charge is 2.30. The number of hydrogen-bond donors (Lipinski definition) is 2. The summed E-state index contributed by atoms with van der Waals surface area (Å²) in [6.45, 7) is -0.105. The molecule has 0 aliphatic heterocycles. The lowest BCUT2D eigenvalue weighted by Gasteiger charge is -2.16. The molecular formula is C19H18F4N4O3. The molecule has 11 heteroatoms. The minimum absolute atomic E-state index is 0.0187. The van der Waals surface area contributed by atoms with Crippen LogP contribution in [0, 0.1) is 11.7 Å². The molecule has 0 saturated heterocycles. The van der Waals surface area contributed by atoms with Gasteiger partial charge in [0.25, 0.3) is 11.8 Å².